The Morgan fingerprint density at radius 2 is 2.19 bits per heavy atom. The highest BCUT2D eigenvalue weighted by Gasteiger charge is 2.23. The number of hydrogen-bond acceptors (Lipinski definition) is 7. The second-order valence-electron chi connectivity index (χ2n) is 5.85. The molecule has 3 heterocycles. The summed E-state index contributed by atoms with van der Waals surface area (Å²) in [5, 5.41) is 6.52. The molecule has 2 amide bonds. The van der Waals surface area contributed by atoms with Crippen molar-refractivity contribution in [3.8, 4) is 17.1 Å². The van der Waals surface area contributed by atoms with Gasteiger partial charge in [-0.3, -0.25) is 14.6 Å². The summed E-state index contributed by atoms with van der Waals surface area (Å²) in [6.07, 6.45) is 1.65. The van der Waals surface area contributed by atoms with Crippen LogP contribution < -0.4 is 15.0 Å². The maximum atomic E-state index is 12.2. The van der Waals surface area contributed by atoms with E-state index in [4.69, 9.17) is 9.26 Å². The first-order chi connectivity index (χ1) is 13.1. The molecular weight excluding hydrogens is 350 g/mol. The number of carbonyl (C=O) groups excluding carboxylic acids is 2. The van der Waals surface area contributed by atoms with Crippen LogP contribution in [0.3, 0.4) is 0 Å². The summed E-state index contributed by atoms with van der Waals surface area (Å²) >= 11 is 0. The third-order valence-electron chi connectivity index (χ3n) is 4.08. The topological polar surface area (TPSA) is 110 Å². The van der Waals surface area contributed by atoms with Crippen molar-refractivity contribution in [3.63, 3.8) is 0 Å². The van der Waals surface area contributed by atoms with Crippen LogP contribution in [-0.4, -0.2) is 40.6 Å². The van der Waals surface area contributed by atoms with Gasteiger partial charge in [-0.25, -0.2) is 0 Å². The Kier molecular flexibility index (Phi) is 4.25. The predicted octanol–water partition coefficient (Wildman–Crippen LogP) is 1.42. The average Bonchev–Trinajstić information content (AvgIpc) is 3.20. The van der Waals surface area contributed by atoms with Gasteiger partial charge >= 0.3 is 11.8 Å². The van der Waals surface area contributed by atoms with E-state index < -0.39 is 5.91 Å². The van der Waals surface area contributed by atoms with Crippen LogP contribution in [-0.2, 0) is 11.3 Å². The van der Waals surface area contributed by atoms with Crippen LogP contribution in [0.2, 0.25) is 0 Å². The number of rotatable bonds is 4. The lowest BCUT2D eigenvalue weighted by molar-refractivity contribution is -0.120. The molecule has 1 N–H and O–H groups in total. The van der Waals surface area contributed by atoms with Crippen molar-refractivity contribution >= 4 is 17.5 Å². The van der Waals surface area contributed by atoms with Gasteiger partial charge in [0.1, 0.15) is 5.75 Å². The molecule has 0 saturated heterocycles. The molecule has 27 heavy (non-hydrogen) atoms. The zero-order valence-electron chi connectivity index (χ0n) is 14.4. The molecular formula is C18H15N5O4. The first-order valence-electron chi connectivity index (χ1n) is 8.17. The van der Waals surface area contributed by atoms with Crippen LogP contribution in [0.25, 0.3) is 11.4 Å². The van der Waals surface area contributed by atoms with Crippen LogP contribution in [0.15, 0.2) is 47.1 Å². The van der Waals surface area contributed by atoms with Crippen LogP contribution in [0.4, 0.5) is 5.69 Å². The van der Waals surface area contributed by atoms with Gasteiger partial charge < -0.3 is 19.5 Å². The molecule has 0 bridgehead atoms. The van der Waals surface area contributed by atoms with Crippen molar-refractivity contribution in [2.45, 2.75) is 6.54 Å². The Bertz CT molecular complexity index is 1000. The second-order valence-corrected chi connectivity index (χ2v) is 5.85. The number of aromatic nitrogens is 3. The van der Waals surface area contributed by atoms with Gasteiger partial charge in [0.25, 0.3) is 5.91 Å². The van der Waals surface area contributed by atoms with Crippen LogP contribution in [0.1, 0.15) is 16.4 Å². The largest absolute Gasteiger partial charge is 0.482 e. The van der Waals surface area contributed by atoms with Gasteiger partial charge in [-0.1, -0.05) is 11.2 Å². The molecule has 0 fully saturated rings. The van der Waals surface area contributed by atoms with Gasteiger partial charge in [0.15, 0.2) is 6.61 Å². The van der Waals surface area contributed by atoms with Crippen molar-refractivity contribution in [2.75, 3.05) is 18.6 Å². The van der Waals surface area contributed by atoms with Gasteiger partial charge in [0.05, 0.1) is 17.9 Å². The molecule has 9 heteroatoms. The number of ether oxygens (including phenoxy) is 1. The highest BCUT2D eigenvalue weighted by atomic mass is 16.5. The quantitative estimate of drug-likeness (QED) is 0.744. The lowest BCUT2D eigenvalue weighted by Gasteiger charge is -2.25. The molecule has 0 unspecified atom stereocenters. The summed E-state index contributed by atoms with van der Waals surface area (Å²) in [5.74, 6) is 0.0389. The smallest absolute Gasteiger partial charge is 0.316 e. The lowest BCUT2D eigenvalue weighted by atomic mass is 10.1. The molecule has 0 radical (unpaired) electrons. The van der Waals surface area contributed by atoms with E-state index in [9.17, 15) is 9.59 Å². The van der Waals surface area contributed by atoms with E-state index in [1.165, 1.54) is 4.90 Å². The minimum Gasteiger partial charge on any atom is -0.482 e. The number of nitrogens with one attached hydrogen (secondary N) is 1. The third-order valence-corrected chi connectivity index (χ3v) is 4.08. The van der Waals surface area contributed by atoms with Gasteiger partial charge in [-0.15, -0.1) is 0 Å². The number of fused-ring (bicyclic) bond motifs is 1. The Morgan fingerprint density at radius 3 is 3.00 bits per heavy atom. The molecule has 136 valence electrons. The number of likely N-dealkylation sites (N-methyl/N-ethyl adjacent to an activating group) is 1. The molecule has 1 aliphatic rings. The standard InChI is InChI=1S/C18H15N5O4/c1-23-13-6-5-11(8-14(13)26-10-15(23)24)16-21-18(27-22-16)17(25)20-9-12-4-2-3-7-19-12/h2-8H,9-10H2,1H3,(H,20,25). The van der Waals surface area contributed by atoms with E-state index in [1.807, 2.05) is 6.07 Å². The Balaban J connectivity index is 1.49. The molecule has 0 spiro atoms. The number of anilines is 1. The zero-order chi connectivity index (χ0) is 18.8. The minimum atomic E-state index is -0.487. The zero-order valence-corrected chi connectivity index (χ0v) is 14.4. The van der Waals surface area contributed by atoms with E-state index >= 15 is 0 Å². The summed E-state index contributed by atoms with van der Waals surface area (Å²) < 4.78 is 10.5. The summed E-state index contributed by atoms with van der Waals surface area (Å²) in [6, 6.07) is 10.6. The SMILES string of the molecule is CN1C(=O)COc2cc(-c3noc(C(=O)NCc4ccccn4)n3)ccc21. The molecule has 0 saturated carbocycles. The molecule has 4 rings (SSSR count). The monoisotopic (exact) mass is 365 g/mol. The van der Waals surface area contributed by atoms with Crippen molar-refractivity contribution in [2.24, 2.45) is 0 Å². The first kappa shape index (κ1) is 16.7. The van der Waals surface area contributed by atoms with Crippen LogP contribution in [0.5, 0.6) is 5.75 Å². The number of pyridine rings is 1. The molecule has 0 aliphatic carbocycles. The van der Waals surface area contributed by atoms with Crippen molar-refractivity contribution in [1.82, 2.24) is 20.4 Å². The van der Waals surface area contributed by atoms with Gasteiger partial charge in [-0.05, 0) is 30.3 Å². The average molecular weight is 365 g/mol. The predicted molar refractivity (Wildman–Crippen MR) is 94.0 cm³/mol. The van der Waals surface area contributed by atoms with Crippen molar-refractivity contribution in [1.29, 1.82) is 0 Å². The summed E-state index contributed by atoms with van der Waals surface area (Å²) in [4.78, 5) is 33.6. The highest BCUT2D eigenvalue weighted by Crippen LogP contribution is 2.34. The molecule has 1 aromatic carbocycles. The Labute approximate surface area is 154 Å². The van der Waals surface area contributed by atoms with E-state index in [-0.39, 0.29) is 30.8 Å². The molecule has 3 aromatic rings. The fraction of sp³-hybridized carbons (Fsp3) is 0.167. The summed E-state index contributed by atoms with van der Waals surface area (Å²) in [5.41, 5.74) is 1.99. The maximum absolute atomic E-state index is 12.2. The summed E-state index contributed by atoms with van der Waals surface area (Å²) in [6.45, 7) is 0.227. The number of amides is 2. The fourth-order valence-electron chi connectivity index (χ4n) is 2.60. The fourth-order valence-corrected chi connectivity index (χ4v) is 2.60. The van der Waals surface area contributed by atoms with E-state index in [0.29, 0.717) is 17.0 Å². The van der Waals surface area contributed by atoms with Gasteiger partial charge in [0, 0.05) is 18.8 Å². The lowest BCUT2D eigenvalue weighted by Crippen LogP contribution is -2.35. The van der Waals surface area contributed by atoms with Gasteiger partial charge in [0.2, 0.25) is 5.82 Å². The highest BCUT2D eigenvalue weighted by molar-refractivity contribution is 5.97. The van der Waals surface area contributed by atoms with Crippen LogP contribution in [0, 0.1) is 0 Å². The van der Waals surface area contributed by atoms with Crippen LogP contribution >= 0.6 is 0 Å². The maximum Gasteiger partial charge on any atom is 0.316 e. The number of benzene rings is 1. The van der Waals surface area contributed by atoms with Gasteiger partial charge in [-0.2, -0.15) is 4.98 Å². The number of carbonyl (C=O) groups is 2. The summed E-state index contributed by atoms with van der Waals surface area (Å²) in [7, 11) is 1.68. The number of hydrogen-bond donors (Lipinski definition) is 1. The molecule has 9 nitrogen and oxygen atoms in total. The Hall–Kier alpha value is -3.75. The minimum absolute atomic E-state index is 0.0274. The number of nitrogens with zero attached hydrogens (tertiary/aromatic N) is 4. The molecule has 1 aliphatic heterocycles. The second kappa shape index (κ2) is 6.87. The van der Waals surface area contributed by atoms with E-state index in [1.54, 1.807) is 43.6 Å². The van der Waals surface area contributed by atoms with Crippen molar-refractivity contribution < 1.29 is 18.8 Å². The Morgan fingerprint density at radius 1 is 1.30 bits per heavy atom. The molecule has 0 atom stereocenters. The normalized spacial score (nSPS) is 13.1. The molecule has 2 aromatic heterocycles. The first-order valence-corrected chi connectivity index (χ1v) is 8.17. The van der Waals surface area contributed by atoms with Crippen molar-refractivity contribution in [3.05, 3.63) is 54.2 Å². The van der Waals surface area contributed by atoms with E-state index in [0.717, 1.165) is 5.69 Å². The van der Waals surface area contributed by atoms with E-state index in [2.05, 4.69) is 20.4 Å². The third kappa shape index (κ3) is 3.34.